The first-order chi connectivity index (χ1) is 7.97. The molecule has 0 fully saturated rings. The normalized spacial score (nSPS) is 11.9. The summed E-state index contributed by atoms with van der Waals surface area (Å²) in [5, 5.41) is 19.6. The van der Waals surface area contributed by atoms with Crippen molar-refractivity contribution in [2.45, 2.75) is 13.0 Å². The summed E-state index contributed by atoms with van der Waals surface area (Å²) in [6.45, 7) is 1.28. The number of nitrogens with two attached hydrogens (primary N) is 1. The van der Waals surface area contributed by atoms with Crippen LogP contribution in [0.15, 0.2) is 18.2 Å². The molecule has 1 rings (SSSR count). The van der Waals surface area contributed by atoms with E-state index in [0.29, 0.717) is 5.56 Å². The third kappa shape index (κ3) is 2.91. The van der Waals surface area contributed by atoms with Crippen LogP contribution in [0, 0.1) is 17.0 Å². The number of aliphatic carboxylic acids is 1. The Labute approximate surface area is 97.0 Å². The lowest BCUT2D eigenvalue weighted by Gasteiger charge is -2.13. The van der Waals surface area contributed by atoms with Crippen molar-refractivity contribution in [2.75, 3.05) is 6.54 Å². The summed E-state index contributed by atoms with van der Waals surface area (Å²) in [4.78, 5) is 20.9. The predicted molar refractivity (Wildman–Crippen MR) is 58.9 cm³/mol. The van der Waals surface area contributed by atoms with Gasteiger partial charge in [-0.2, -0.15) is 0 Å². The van der Waals surface area contributed by atoms with Crippen LogP contribution in [0.1, 0.15) is 5.56 Å². The summed E-state index contributed by atoms with van der Waals surface area (Å²) < 4.78 is 5.03. The molecule has 0 aliphatic rings. The van der Waals surface area contributed by atoms with Crippen molar-refractivity contribution < 1.29 is 19.6 Å². The molecule has 0 amide bonds. The number of para-hydroxylation sites is 1. The molecular weight excluding hydrogens is 228 g/mol. The highest BCUT2D eigenvalue weighted by molar-refractivity contribution is 5.73. The number of nitro groups is 1. The summed E-state index contributed by atoms with van der Waals surface area (Å²) in [5.74, 6) is -1.35. The van der Waals surface area contributed by atoms with Gasteiger partial charge in [0.15, 0.2) is 5.75 Å². The number of carboxylic acids is 1. The number of hydrogen-bond acceptors (Lipinski definition) is 5. The minimum atomic E-state index is -1.30. The van der Waals surface area contributed by atoms with Crippen molar-refractivity contribution in [1.82, 2.24) is 0 Å². The number of hydrogen-bond donors (Lipinski definition) is 2. The van der Waals surface area contributed by atoms with Gasteiger partial charge in [0.1, 0.15) is 0 Å². The molecule has 1 aromatic carbocycles. The molecule has 7 nitrogen and oxygen atoms in total. The van der Waals surface area contributed by atoms with E-state index in [1.807, 2.05) is 0 Å². The summed E-state index contributed by atoms with van der Waals surface area (Å²) >= 11 is 0. The van der Waals surface area contributed by atoms with E-state index in [-0.39, 0.29) is 18.0 Å². The molecule has 0 radical (unpaired) electrons. The lowest BCUT2D eigenvalue weighted by molar-refractivity contribution is -0.386. The van der Waals surface area contributed by atoms with Crippen LogP contribution in [0.3, 0.4) is 0 Å². The van der Waals surface area contributed by atoms with Crippen LogP contribution in [-0.4, -0.2) is 28.6 Å². The second-order valence-electron chi connectivity index (χ2n) is 3.36. The average Bonchev–Trinajstić information content (AvgIpc) is 2.24. The lowest BCUT2D eigenvalue weighted by Crippen LogP contribution is -2.34. The van der Waals surface area contributed by atoms with Crippen LogP contribution >= 0.6 is 0 Å². The molecule has 1 unspecified atom stereocenters. The van der Waals surface area contributed by atoms with Crippen molar-refractivity contribution in [3.05, 3.63) is 33.9 Å². The molecule has 7 heteroatoms. The topological polar surface area (TPSA) is 116 Å². The minimum absolute atomic E-state index is 0.0900. The Bertz CT molecular complexity index is 446. The van der Waals surface area contributed by atoms with Gasteiger partial charge < -0.3 is 15.6 Å². The number of benzene rings is 1. The Morgan fingerprint density at radius 3 is 2.76 bits per heavy atom. The number of nitrogens with zero attached hydrogens (tertiary/aromatic N) is 1. The molecule has 0 spiro atoms. The molecule has 1 aromatic rings. The van der Waals surface area contributed by atoms with Crippen LogP contribution in [0.4, 0.5) is 5.69 Å². The number of rotatable bonds is 5. The van der Waals surface area contributed by atoms with Gasteiger partial charge in [-0.1, -0.05) is 12.1 Å². The largest absolute Gasteiger partial charge is 0.478 e. The monoisotopic (exact) mass is 240 g/mol. The molecule has 0 saturated carbocycles. The van der Waals surface area contributed by atoms with E-state index in [1.165, 1.54) is 6.07 Å². The van der Waals surface area contributed by atoms with Gasteiger partial charge in [-0.05, 0) is 13.0 Å². The molecule has 17 heavy (non-hydrogen) atoms. The van der Waals surface area contributed by atoms with Crippen molar-refractivity contribution in [1.29, 1.82) is 0 Å². The Kier molecular flexibility index (Phi) is 4.00. The fourth-order valence-corrected chi connectivity index (χ4v) is 1.31. The Morgan fingerprint density at radius 2 is 2.29 bits per heavy atom. The fourth-order valence-electron chi connectivity index (χ4n) is 1.31. The molecule has 0 heterocycles. The van der Waals surface area contributed by atoms with Crippen LogP contribution in [0.2, 0.25) is 0 Å². The van der Waals surface area contributed by atoms with Crippen LogP contribution in [-0.2, 0) is 4.79 Å². The maximum Gasteiger partial charge on any atom is 0.346 e. The quantitative estimate of drug-likeness (QED) is 0.578. The molecule has 0 aliphatic heterocycles. The minimum Gasteiger partial charge on any atom is -0.478 e. The van der Waals surface area contributed by atoms with Crippen molar-refractivity contribution in [3.8, 4) is 5.75 Å². The summed E-state index contributed by atoms with van der Waals surface area (Å²) in [7, 11) is 0. The van der Waals surface area contributed by atoms with E-state index in [0.717, 1.165) is 0 Å². The highest BCUT2D eigenvalue weighted by Gasteiger charge is 2.24. The molecule has 0 bridgehead atoms. The first-order valence-electron chi connectivity index (χ1n) is 4.81. The first kappa shape index (κ1) is 12.9. The molecule has 0 saturated heterocycles. The van der Waals surface area contributed by atoms with E-state index in [2.05, 4.69) is 0 Å². The van der Waals surface area contributed by atoms with E-state index in [9.17, 15) is 14.9 Å². The van der Waals surface area contributed by atoms with Gasteiger partial charge >= 0.3 is 11.7 Å². The fraction of sp³-hybridized carbons (Fsp3) is 0.300. The van der Waals surface area contributed by atoms with Crippen LogP contribution in [0.25, 0.3) is 0 Å². The standard InChI is InChI=1S/C10H12N2O5/c1-6-3-2-4-7(9(6)12(15)16)17-8(5-11)10(13)14/h2-4,8H,5,11H2,1H3,(H,13,14). The number of carboxylic acid groups (broad SMARTS) is 1. The second-order valence-corrected chi connectivity index (χ2v) is 3.36. The zero-order valence-electron chi connectivity index (χ0n) is 9.12. The van der Waals surface area contributed by atoms with Gasteiger partial charge in [0, 0.05) is 12.1 Å². The van der Waals surface area contributed by atoms with E-state index in [1.54, 1.807) is 19.1 Å². The Balaban J connectivity index is 3.10. The van der Waals surface area contributed by atoms with Crippen molar-refractivity contribution in [2.24, 2.45) is 5.73 Å². The van der Waals surface area contributed by atoms with Crippen molar-refractivity contribution in [3.63, 3.8) is 0 Å². The summed E-state index contributed by atoms with van der Waals surface area (Å²) in [5.41, 5.74) is 5.36. The molecule has 92 valence electrons. The molecular formula is C10H12N2O5. The van der Waals surface area contributed by atoms with Gasteiger partial charge in [0.05, 0.1) is 4.92 Å². The zero-order valence-corrected chi connectivity index (χ0v) is 9.12. The van der Waals surface area contributed by atoms with Crippen LogP contribution < -0.4 is 10.5 Å². The second kappa shape index (κ2) is 5.26. The van der Waals surface area contributed by atoms with Gasteiger partial charge in [-0.25, -0.2) is 4.79 Å². The van der Waals surface area contributed by atoms with E-state index in [4.69, 9.17) is 15.6 Å². The molecule has 0 aromatic heterocycles. The smallest absolute Gasteiger partial charge is 0.346 e. The average molecular weight is 240 g/mol. The van der Waals surface area contributed by atoms with Gasteiger partial charge in [0.2, 0.25) is 6.10 Å². The molecule has 0 aliphatic carbocycles. The van der Waals surface area contributed by atoms with E-state index >= 15 is 0 Å². The zero-order chi connectivity index (χ0) is 13.0. The number of aryl methyl sites for hydroxylation is 1. The van der Waals surface area contributed by atoms with E-state index < -0.39 is 17.0 Å². The SMILES string of the molecule is Cc1cccc(OC(CN)C(=O)O)c1[N+](=O)[O-]. The number of carbonyl (C=O) groups is 1. The summed E-state index contributed by atoms with van der Waals surface area (Å²) in [6.07, 6.45) is -1.30. The Hall–Kier alpha value is -2.15. The third-order valence-electron chi connectivity index (χ3n) is 2.14. The molecule has 1 atom stereocenters. The highest BCUT2D eigenvalue weighted by Crippen LogP contribution is 2.30. The maximum absolute atomic E-state index is 10.8. The van der Waals surface area contributed by atoms with Crippen LogP contribution in [0.5, 0.6) is 5.75 Å². The maximum atomic E-state index is 10.8. The molecule has 3 N–H and O–H groups in total. The number of ether oxygens (including phenoxy) is 1. The van der Waals surface area contributed by atoms with Crippen molar-refractivity contribution >= 4 is 11.7 Å². The van der Waals surface area contributed by atoms with Gasteiger partial charge in [-0.15, -0.1) is 0 Å². The van der Waals surface area contributed by atoms with Gasteiger partial charge in [0.25, 0.3) is 0 Å². The van der Waals surface area contributed by atoms with Gasteiger partial charge in [-0.3, -0.25) is 10.1 Å². The predicted octanol–water partition coefficient (Wildman–Crippen LogP) is 0.694. The summed E-state index contributed by atoms with van der Waals surface area (Å²) in [6, 6.07) is 4.44. The first-order valence-corrected chi connectivity index (χ1v) is 4.81. The third-order valence-corrected chi connectivity index (χ3v) is 2.14. The highest BCUT2D eigenvalue weighted by atomic mass is 16.6. The number of nitro benzene ring substituents is 1. The Morgan fingerprint density at radius 1 is 1.65 bits per heavy atom. The lowest BCUT2D eigenvalue weighted by atomic mass is 10.2.